The summed E-state index contributed by atoms with van der Waals surface area (Å²) in [5.41, 5.74) is 2.48. The first kappa shape index (κ1) is 21.3. The van der Waals surface area contributed by atoms with Crippen molar-refractivity contribution in [3.8, 4) is 5.75 Å². The Kier molecular flexibility index (Phi) is 6.28. The Labute approximate surface area is 171 Å². The van der Waals surface area contributed by atoms with Crippen LogP contribution < -0.4 is 10.1 Å². The smallest absolute Gasteiger partial charge is 0.244 e. The number of benzene rings is 1. The molecule has 0 saturated heterocycles. The minimum atomic E-state index is -3.55. The molecule has 9 heteroatoms. The number of methoxy groups -OCH3 is 1. The van der Waals surface area contributed by atoms with Crippen molar-refractivity contribution in [2.24, 2.45) is 0 Å². The lowest BCUT2D eigenvalue weighted by atomic mass is 10.0. The maximum Gasteiger partial charge on any atom is 0.244 e. The highest BCUT2D eigenvalue weighted by atomic mass is 32.2. The molecule has 0 saturated carbocycles. The molecule has 158 valence electrons. The number of nitrogens with zero attached hydrogens (tertiary/aromatic N) is 3. The van der Waals surface area contributed by atoms with Crippen LogP contribution in [0.5, 0.6) is 5.75 Å². The van der Waals surface area contributed by atoms with Crippen molar-refractivity contribution < 1.29 is 17.9 Å². The molecule has 1 aromatic heterocycles. The van der Waals surface area contributed by atoms with E-state index in [1.54, 1.807) is 13.4 Å². The van der Waals surface area contributed by atoms with Gasteiger partial charge < -0.3 is 14.6 Å². The second kappa shape index (κ2) is 8.54. The van der Waals surface area contributed by atoms with E-state index in [9.17, 15) is 13.2 Å². The Bertz CT molecular complexity index is 984. The molecule has 0 fully saturated rings. The predicted octanol–water partition coefficient (Wildman–Crippen LogP) is 1.69. The summed E-state index contributed by atoms with van der Waals surface area (Å²) in [6.07, 6.45) is 3.95. The van der Waals surface area contributed by atoms with Gasteiger partial charge in [0.25, 0.3) is 0 Å². The number of aromatic nitrogens is 2. The van der Waals surface area contributed by atoms with E-state index >= 15 is 0 Å². The van der Waals surface area contributed by atoms with E-state index in [1.165, 1.54) is 4.31 Å². The average molecular weight is 421 g/mol. The lowest BCUT2D eigenvalue weighted by Crippen LogP contribution is -2.48. The summed E-state index contributed by atoms with van der Waals surface area (Å²) >= 11 is 0. The van der Waals surface area contributed by atoms with Gasteiger partial charge >= 0.3 is 0 Å². The van der Waals surface area contributed by atoms with Crippen molar-refractivity contribution in [3.63, 3.8) is 0 Å². The summed E-state index contributed by atoms with van der Waals surface area (Å²) in [7, 11) is -1.94. The zero-order chi connectivity index (χ0) is 21.2. The first-order chi connectivity index (χ1) is 13.7. The first-order valence-electron chi connectivity index (χ1n) is 9.65. The average Bonchev–Trinajstić information content (AvgIpc) is 3.11. The van der Waals surface area contributed by atoms with Crippen LogP contribution in [0, 0.1) is 0 Å². The van der Waals surface area contributed by atoms with E-state index < -0.39 is 16.1 Å². The molecular formula is C20H28N4O4S. The minimum absolute atomic E-state index is 0.0674. The van der Waals surface area contributed by atoms with Crippen LogP contribution in [-0.4, -0.2) is 54.6 Å². The van der Waals surface area contributed by atoms with Gasteiger partial charge in [0, 0.05) is 25.6 Å². The Morgan fingerprint density at radius 2 is 2.14 bits per heavy atom. The maximum absolute atomic E-state index is 13.1. The second-order valence-corrected chi connectivity index (χ2v) is 9.43. The molecule has 1 aliphatic rings. The van der Waals surface area contributed by atoms with Crippen LogP contribution in [-0.2, 0) is 27.7 Å². The van der Waals surface area contributed by atoms with Gasteiger partial charge in [-0.05, 0) is 38.0 Å². The number of carbonyl (C=O) groups excluding carboxylic acids is 1. The van der Waals surface area contributed by atoms with Crippen LogP contribution in [0.15, 0.2) is 30.6 Å². The molecule has 2 heterocycles. The molecule has 0 spiro atoms. The van der Waals surface area contributed by atoms with E-state index in [1.807, 2.05) is 42.7 Å². The van der Waals surface area contributed by atoms with Gasteiger partial charge in [0.05, 0.1) is 31.1 Å². The first-order valence-corrected chi connectivity index (χ1v) is 11.5. The molecule has 2 aromatic rings. The normalized spacial score (nSPS) is 17.2. The van der Waals surface area contributed by atoms with E-state index in [0.29, 0.717) is 25.1 Å². The largest absolute Gasteiger partial charge is 0.497 e. The third kappa shape index (κ3) is 4.62. The summed E-state index contributed by atoms with van der Waals surface area (Å²) in [4.78, 5) is 17.5. The van der Waals surface area contributed by atoms with Gasteiger partial charge in [-0.25, -0.2) is 13.4 Å². The standard InChI is InChI=1S/C20H28N4O4S/c1-14(2)23-13-22-17-9-11-24(29(4,26)27)19(18(17)23)20(25)21-10-8-15-6-5-7-16(12-15)28-3/h5-7,12-14,19H,8-11H2,1-4H3,(H,21,25)/t19-/m1/s1. The van der Waals surface area contributed by atoms with Crippen LogP contribution in [0.2, 0.25) is 0 Å². The van der Waals surface area contributed by atoms with E-state index in [-0.39, 0.29) is 18.5 Å². The summed E-state index contributed by atoms with van der Waals surface area (Å²) in [5.74, 6) is 0.427. The number of hydrogen-bond donors (Lipinski definition) is 1. The van der Waals surface area contributed by atoms with Gasteiger partial charge in [0.15, 0.2) is 0 Å². The number of sulfonamides is 1. The van der Waals surface area contributed by atoms with Crippen LogP contribution in [0.25, 0.3) is 0 Å². The number of imidazole rings is 1. The summed E-state index contributed by atoms with van der Waals surface area (Å²) in [5, 5.41) is 2.91. The number of nitrogens with one attached hydrogen (secondary N) is 1. The fourth-order valence-electron chi connectivity index (χ4n) is 3.66. The van der Waals surface area contributed by atoms with Gasteiger partial charge in [0.2, 0.25) is 15.9 Å². The Morgan fingerprint density at radius 3 is 2.79 bits per heavy atom. The molecular weight excluding hydrogens is 392 g/mol. The van der Waals surface area contributed by atoms with Crippen LogP contribution >= 0.6 is 0 Å². The summed E-state index contributed by atoms with van der Waals surface area (Å²) < 4.78 is 33.2. The number of carbonyl (C=O) groups is 1. The molecule has 1 N–H and O–H groups in total. The zero-order valence-corrected chi connectivity index (χ0v) is 18.1. The fraction of sp³-hybridized carbons (Fsp3) is 0.500. The van der Waals surface area contributed by atoms with E-state index in [4.69, 9.17) is 4.74 Å². The van der Waals surface area contributed by atoms with Gasteiger partial charge in [-0.3, -0.25) is 4.79 Å². The molecule has 0 unspecified atom stereocenters. The second-order valence-electron chi connectivity index (χ2n) is 7.50. The number of hydrogen-bond acceptors (Lipinski definition) is 5. The molecule has 1 aromatic carbocycles. The monoisotopic (exact) mass is 420 g/mol. The third-order valence-corrected chi connectivity index (χ3v) is 6.35. The number of rotatable bonds is 7. The number of fused-ring (bicyclic) bond motifs is 1. The van der Waals surface area contributed by atoms with E-state index in [0.717, 1.165) is 23.3 Å². The van der Waals surface area contributed by atoms with Gasteiger partial charge in [-0.15, -0.1) is 0 Å². The van der Waals surface area contributed by atoms with Crippen molar-refractivity contribution >= 4 is 15.9 Å². The lowest BCUT2D eigenvalue weighted by molar-refractivity contribution is -0.125. The third-order valence-electron chi connectivity index (χ3n) is 5.11. The van der Waals surface area contributed by atoms with Crippen LogP contribution in [0.1, 0.15) is 42.9 Å². The number of ether oxygens (including phenoxy) is 1. The lowest BCUT2D eigenvalue weighted by Gasteiger charge is -2.34. The minimum Gasteiger partial charge on any atom is -0.497 e. The number of amides is 1. The molecule has 3 rings (SSSR count). The Balaban J connectivity index is 1.81. The summed E-state index contributed by atoms with van der Waals surface area (Å²) in [6, 6.07) is 6.80. The molecule has 1 aliphatic heterocycles. The van der Waals surface area contributed by atoms with Gasteiger partial charge in [0.1, 0.15) is 11.8 Å². The maximum atomic E-state index is 13.1. The quantitative estimate of drug-likeness (QED) is 0.736. The predicted molar refractivity (Wildman–Crippen MR) is 110 cm³/mol. The topological polar surface area (TPSA) is 93.5 Å². The molecule has 0 radical (unpaired) electrons. The zero-order valence-electron chi connectivity index (χ0n) is 17.3. The molecule has 8 nitrogen and oxygen atoms in total. The SMILES string of the molecule is COc1cccc(CCNC(=O)[C@H]2c3c(ncn3C(C)C)CCN2S(C)(=O)=O)c1. The van der Waals surface area contributed by atoms with Gasteiger partial charge in [-0.2, -0.15) is 4.31 Å². The Morgan fingerprint density at radius 1 is 1.38 bits per heavy atom. The molecule has 1 atom stereocenters. The molecule has 29 heavy (non-hydrogen) atoms. The Hall–Kier alpha value is -2.39. The van der Waals surface area contributed by atoms with Crippen molar-refractivity contribution in [2.75, 3.05) is 26.5 Å². The highest BCUT2D eigenvalue weighted by Crippen LogP contribution is 2.33. The fourth-order valence-corrected chi connectivity index (χ4v) is 4.66. The van der Waals surface area contributed by atoms with Crippen LogP contribution in [0.3, 0.4) is 0 Å². The molecule has 1 amide bonds. The van der Waals surface area contributed by atoms with Crippen molar-refractivity contribution in [2.45, 2.75) is 38.8 Å². The van der Waals surface area contributed by atoms with Crippen LogP contribution in [0.4, 0.5) is 0 Å². The van der Waals surface area contributed by atoms with Crippen molar-refractivity contribution in [1.29, 1.82) is 0 Å². The summed E-state index contributed by atoms with van der Waals surface area (Å²) in [6.45, 7) is 4.61. The van der Waals surface area contributed by atoms with Crippen molar-refractivity contribution in [3.05, 3.63) is 47.5 Å². The highest BCUT2D eigenvalue weighted by Gasteiger charge is 2.41. The molecule has 0 bridgehead atoms. The highest BCUT2D eigenvalue weighted by molar-refractivity contribution is 7.88. The van der Waals surface area contributed by atoms with Crippen molar-refractivity contribution in [1.82, 2.24) is 19.2 Å². The molecule has 0 aliphatic carbocycles. The van der Waals surface area contributed by atoms with E-state index in [2.05, 4.69) is 10.3 Å². The van der Waals surface area contributed by atoms with Gasteiger partial charge in [-0.1, -0.05) is 12.1 Å².